The first kappa shape index (κ1) is 12.7. The molecular formula is C15H16ClNO2. The lowest BCUT2D eigenvalue weighted by Crippen LogP contribution is -2.31. The van der Waals surface area contributed by atoms with Gasteiger partial charge in [-0.05, 0) is 44.0 Å². The molecule has 1 aromatic carbocycles. The average molecular weight is 278 g/mol. The van der Waals surface area contributed by atoms with E-state index < -0.39 is 0 Å². The normalized spacial score (nSPS) is 19.7. The van der Waals surface area contributed by atoms with E-state index in [1.54, 1.807) is 12.1 Å². The molecule has 1 N–H and O–H groups in total. The number of carbonyl (C=O) groups is 1. The van der Waals surface area contributed by atoms with Crippen LogP contribution < -0.4 is 5.32 Å². The van der Waals surface area contributed by atoms with E-state index in [9.17, 15) is 4.79 Å². The van der Waals surface area contributed by atoms with E-state index in [1.165, 1.54) is 0 Å². The Balaban J connectivity index is 1.79. The first-order chi connectivity index (χ1) is 9.24. The number of nitrogens with one attached hydrogen (secondary N) is 1. The quantitative estimate of drug-likeness (QED) is 0.871. The van der Waals surface area contributed by atoms with E-state index in [0.29, 0.717) is 28.7 Å². The fraction of sp³-hybridized carbons (Fsp3) is 0.400. The average Bonchev–Trinajstić information content (AvgIpc) is 2.85. The molecule has 2 aromatic rings. The van der Waals surface area contributed by atoms with Crippen LogP contribution in [0.25, 0.3) is 11.0 Å². The summed E-state index contributed by atoms with van der Waals surface area (Å²) in [6, 6.07) is 7.33. The zero-order valence-corrected chi connectivity index (χ0v) is 11.4. The Hall–Kier alpha value is -1.32. The maximum atomic E-state index is 12.2. The summed E-state index contributed by atoms with van der Waals surface area (Å²) in [5, 5.41) is 4.76. The molecular weight excluding hydrogens is 262 g/mol. The van der Waals surface area contributed by atoms with E-state index in [1.807, 2.05) is 12.1 Å². The standard InChI is InChI=1S/C15H16ClNO2/c16-12-5-1-4-11-8-14(19-15(11)12)13(18)7-10-3-2-6-17-9-10/h1,4-5,8,10,17H,2-3,6-7,9H2. The number of Topliss-reactive ketones (excluding diaryl/α,β-unsaturated/α-hetero) is 1. The maximum Gasteiger partial charge on any atom is 0.198 e. The Morgan fingerprint density at radius 3 is 3.11 bits per heavy atom. The van der Waals surface area contributed by atoms with Gasteiger partial charge in [-0.1, -0.05) is 23.7 Å². The molecule has 1 fully saturated rings. The zero-order valence-electron chi connectivity index (χ0n) is 10.6. The van der Waals surface area contributed by atoms with Crippen LogP contribution in [0.3, 0.4) is 0 Å². The van der Waals surface area contributed by atoms with Crippen molar-refractivity contribution < 1.29 is 9.21 Å². The van der Waals surface area contributed by atoms with Crippen molar-refractivity contribution in [1.82, 2.24) is 5.32 Å². The molecule has 0 saturated carbocycles. The molecule has 1 saturated heterocycles. The molecule has 0 aliphatic carbocycles. The number of carbonyl (C=O) groups excluding carboxylic acids is 1. The molecule has 1 unspecified atom stereocenters. The number of hydrogen-bond acceptors (Lipinski definition) is 3. The molecule has 100 valence electrons. The number of rotatable bonds is 3. The van der Waals surface area contributed by atoms with Crippen LogP contribution in [0.2, 0.25) is 5.02 Å². The van der Waals surface area contributed by atoms with E-state index in [2.05, 4.69) is 5.32 Å². The summed E-state index contributed by atoms with van der Waals surface area (Å²) in [5.74, 6) is 0.916. The Bertz CT molecular complexity index is 599. The van der Waals surface area contributed by atoms with Crippen molar-refractivity contribution in [3.8, 4) is 0 Å². The highest BCUT2D eigenvalue weighted by Gasteiger charge is 2.20. The van der Waals surface area contributed by atoms with Gasteiger partial charge in [-0.2, -0.15) is 0 Å². The number of para-hydroxylation sites is 1. The maximum absolute atomic E-state index is 12.2. The number of piperidine rings is 1. The predicted octanol–water partition coefficient (Wildman–Crippen LogP) is 3.66. The highest BCUT2D eigenvalue weighted by Crippen LogP contribution is 2.28. The van der Waals surface area contributed by atoms with Gasteiger partial charge in [-0.25, -0.2) is 0 Å². The molecule has 0 bridgehead atoms. The second-order valence-corrected chi connectivity index (χ2v) is 5.52. The van der Waals surface area contributed by atoms with Gasteiger partial charge in [-0.3, -0.25) is 4.79 Å². The lowest BCUT2D eigenvalue weighted by molar-refractivity contribution is 0.0928. The van der Waals surface area contributed by atoms with E-state index >= 15 is 0 Å². The molecule has 1 atom stereocenters. The fourth-order valence-corrected chi connectivity index (χ4v) is 2.85. The Morgan fingerprint density at radius 1 is 1.47 bits per heavy atom. The van der Waals surface area contributed by atoms with Crippen molar-refractivity contribution >= 4 is 28.4 Å². The van der Waals surface area contributed by atoms with Crippen molar-refractivity contribution in [3.63, 3.8) is 0 Å². The minimum Gasteiger partial charge on any atom is -0.451 e. The summed E-state index contributed by atoms with van der Waals surface area (Å²) in [6.07, 6.45) is 2.80. The summed E-state index contributed by atoms with van der Waals surface area (Å²) in [4.78, 5) is 12.2. The molecule has 2 heterocycles. The minimum absolute atomic E-state index is 0.0703. The number of halogens is 1. The van der Waals surface area contributed by atoms with Gasteiger partial charge in [0.1, 0.15) is 0 Å². The summed E-state index contributed by atoms with van der Waals surface area (Å²) >= 11 is 6.05. The summed E-state index contributed by atoms with van der Waals surface area (Å²) < 4.78 is 5.60. The molecule has 3 nitrogen and oxygen atoms in total. The first-order valence-electron chi connectivity index (χ1n) is 6.66. The predicted molar refractivity (Wildman–Crippen MR) is 75.8 cm³/mol. The summed E-state index contributed by atoms with van der Waals surface area (Å²) in [5.41, 5.74) is 0.606. The molecule has 0 spiro atoms. The molecule has 19 heavy (non-hydrogen) atoms. The highest BCUT2D eigenvalue weighted by molar-refractivity contribution is 6.34. The van der Waals surface area contributed by atoms with Crippen molar-refractivity contribution in [1.29, 1.82) is 0 Å². The van der Waals surface area contributed by atoms with Crippen LogP contribution in [-0.4, -0.2) is 18.9 Å². The first-order valence-corrected chi connectivity index (χ1v) is 7.04. The van der Waals surface area contributed by atoms with Gasteiger partial charge in [-0.15, -0.1) is 0 Å². The summed E-state index contributed by atoms with van der Waals surface area (Å²) in [7, 11) is 0. The van der Waals surface area contributed by atoms with Gasteiger partial charge in [0.05, 0.1) is 5.02 Å². The van der Waals surface area contributed by atoms with E-state index in [-0.39, 0.29) is 5.78 Å². The highest BCUT2D eigenvalue weighted by atomic mass is 35.5. The Kier molecular flexibility index (Phi) is 3.58. The Morgan fingerprint density at radius 2 is 2.37 bits per heavy atom. The molecule has 4 heteroatoms. The van der Waals surface area contributed by atoms with Crippen LogP contribution in [0, 0.1) is 5.92 Å². The second-order valence-electron chi connectivity index (χ2n) is 5.11. The van der Waals surface area contributed by atoms with Gasteiger partial charge in [0, 0.05) is 11.8 Å². The van der Waals surface area contributed by atoms with Gasteiger partial charge < -0.3 is 9.73 Å². The van der Waals surface area contributed by atoms with Crippen LogP contribution in [0.15, 0.2) is 28.7 Å². The molecule has 0 amide bonds. The van der Waals surface area contributed by atoms with Gasteiger partial charge in [0.2, 0.25) is 0 Å². The molecule has 0 radical (unpaired) electrons. The van der Waals surface area contributed by atoms with Gasteiger partial charge in [0.25, 0.3) is 0 Å². The number of hydrogen-bond donors (Lipinski definition) is 1. The molecule has 1 aromatic heterocycles. The van der Waals surface area contributed by atoms with Crippen LogP contribution in [0.4, 0.5) is 0 Å². The van der Waals surface area contributed by atoms with E-state index in [4.69, 9.17) is 16.0 Å². The van der Waals surface area contributed by atoms with Gasteiger partial charge in [0.15, 0.2) is 17.1 Å². The van der Waals surface area contributed by atoms with Crippen LogP contribution in [0.5, 0.6) is 0 Å². The third kappa shape index (κ3) is 2.67. The lowest BCUT2D eigenvalue weighted by atomic mass is 9.93. The third-order valence-corrected chi connectivity index (χ3v) is 3.94. The number of ketones is 1. The van der Waals surface area contributed by atoms with Crippen LogP contribution >= 0.6 is 11.6 Å². The fourth-order valence-electron chi connectivity index (χ4n) is 2.63. The summed E-state index contributed by atoms with van der Waals surface area (Å²) in [6.45, 7) is 1.98. The van der Waals surface area contributed by atoms with Crippen molar-refractivity contribution in [3.05, 3.63) is 35.0 Å². The van der Waals surface area contributed by atoms with Crippen molar-refractivity contribution in [2.24, 2.45) is 5.92 Å². The minimum atomic E-state index is 0.0703. The molecule has 1 aliphatic rings. The zero-order chi connectivity index (χ0) is 13.2. The number of benzene rings is 1. The largest absolute Gasteiger partial charge is 0.451 e. The van der Waals surface area contributed by atoms with E-state index in [0.717, 1.165) is 31.3 Å². The Labute approximate surface area is 116 Å². The van der Waals surface area contributed by atoms with Crippen LogP contribution in [0.1, 0.15) is 29.8 Å². The SMILES string of the molecule is O=C(CC1CCCNC1)c1cc2cccc(Cl)c2o1. The smallest absolute Gasteiger partial charge is 0.198 e. The monoisotopic (exact) mass is 277 g/mol. The second kappa shape index (κ2) is 5.35. The topological polar surface area (TPSA) is 42.2 Å². The number of furan rings is 1. The van der Waals surface area contributed by atoms with Crippen molar-refractivity contribution in [2.45, 2.75) is 19.3 Å². The molecule has 1 aliphatic heterocycles. The van der Waals surface area contributed by atoms with Gasteiger partial charge >= 0.3 is 0 Å². The third-order valence-electron chi connectivity index (χ3n) is 3.64. The van der Waals surface area contributed by atoms with Crippen LogP contribution in [-0.2, 0) is 0 Å². The number of fused-ring (bicyclic) bond motifs is 1. The molecule has 3 rings (SSSR count). The van der Waals surface area contributed by atoms with Crippen molar-refractivity contribution in [2.75, 3.05) is 13.1 Å². The lowest BCUT2D eigenvalue weighted by Gasteiger charge is -2.21.